The van der Waals surface area contributed by atoms with E-state index in [0.717, 1.165) is 30.3 Å². The first kappa shape index (κ1) is 14.2. The number of hydrogen-bond donors (Lipinski definition) is 1. The van der Waals surface area contributed by atoms with Gasteiger partial charge in [0.2, 0.25) is 0 Å². The molecule has 1 aromatic carbocycles. The van der Waals surface area contributed by atoms with E-state index in [-0.39, 0.29) is 0 Å². The summed E-state index contributed by atoms with van der Waals surface area (Å²) in [6, 6.07) is 9.16. The average Bonchev–Trinajstić information content (AvgIpc) is 3.35. The summed E-state index contributed by atoms with van der Waals surface area (Å²) in [4.78, 5) is 8.75. The fourth-order valence-electron chi connectivity index (χ4n) is 2.78. The number of benzene rings is 1. The highest BCUT2D eigenvalue weighted by molar-refractivity contribution is 5.30. The summed E-state index contributed by atoms with van der Waals surface area (Å²) >= 11 is 0. The zero-order chi connectivity index (χ0) is 14.7. The molecule has 0 amide bonds. The Hall–Kier alpha value is -1.74. The van der Waals surface area contributed by atoms with Gasteiger partial charge < -0.3 is 5.32 Å². The molecule has 0 aliphatic heterocycles. The number of rotatable bonds is 6. The highest BCUT2D eigenvalue weighted by atomic mass is 14.9. The first-order valence-electron chi connectivity index (χ1n) is 7.86. The van der Waals surface area contributed by atoms with Crippen molar-refractivity contribution in [2.24, 2.45) is 5.92 Å². The van der Waals surface area contributed by atoms with Crippen LogP contribution in [0.3, 0.4) is 0 Å². The molecule has 0 bridgehead atoms. The van der Waals surface area contributed by atoms with Crippen molar-refractivity contribution in [3.05, 3.63) is 59.2 Å². The predicted molar refractivity (Wildman–Crippen MR) is 84.9 cm³/mol. The molecule has 1 heterocycles. The molecule has 0 saturated heterocycles. The van der Waals surface area contributed by atoms with Gasteiger partial charge in [-0.3, -0.25) is 0 Å². The number of aromatic nitrogens is 2. The topological polar surface area (TPSA) is 37.8 Å². The number of hydrogen-bond acceptors (Lipinski definition) is 3. The molecule has 1 atom stereocenters. The minimum atomic E-state index is 0.456. The van der Waals surface area contributed by atoms with Crippen molar-refractivity contribution < 1.29 is 0 Å². The molecule has 1 saturated carbocycles. The molecule has 110 valence electrons. The van der Waals surface area contributed by atoms with Gasteiger partial charge in [0.05, 0.1) is 0 Å². The molecule has 1 fully saturated rings. The van der Waals surface area contributed by atoms with E-state index in [1.807, 2.05) is 12.4 Å². The van der Waals surface area contributed by atoms with Crippen LogP contribution >= 0.6 is 0 Å². The fraction of sp³-hybridized carbons (Fsp3) is 0.444. The van der Waals surface area contributed by atoms with Crippen LogP contribution in [0, 0.1) is 12.8 Å². The van der Waals surface area contributed by atoms with E-state index in [0.29, 0.717) is 6.04 Å². The molecule has 1 aliphatic carbocycles. The first-order chi connectivity index (χ1) is 10.3. The maximum absolute atomic E-state index is 4.37. The summed E-state index contributed by atoms with van der Waals surface area (Å²) in [6.45, 7) is 5.11. The molecule has 0 spiro atoms. The zero-order valence-electron chi connectivity index (χ0n) is 12.8. The van der Waals surface area contributed by atoms with Gasteiger partial charge in [-0.2, -0.15) is 0 Å². The Morgan fingerprint density at radius 1 is 1.19 bits per heavy atom. The maximum Gasteiger partial charge on any atom is 0.127 e. The highest BCUT2D eigenvalue weighted by Gasteiger charge is 2.32. The lowest BCUT2D eigenvalue weighted by atomic mass is 9.97. The van der Waals surface area contributed by atoms with Gasteiger partial charge in [0.15, 0.2) is 0 Å². The summed E-state index contributed by atoms with van der Waals surface area (Å²) in [7, 11) is 0. The van der Waals surface area contributed by atoms with E-state index in [4.69, 9.17) is 0 Å². The lowest BCUT2D eigenvalue weighted by molar-refractivity contribution is 0.477. The molecule has 0 radical (unpaired) electrons. The molecule has 1 unspecified atom stereocenters. The van der Waals surface area contributed by atoms with E-state index >= 15 is 0 Å². The van der Waals surface area contributed by atoms with Crippen LogP contribution in [-0.4, -0.2) is 9.97 Å². The Bertz CT molecular complexity index is 588. The first-order valence-corrected chi connectivity index (χ1v) is 7.86. The van der Waals surface area contributed by atoms with Crippen molar-refractivity contribution in [2.45, 2.75) is 45.7 Å². The second-order valence-corrected chi connectivity index (χ2v) is 5.91. The van der Waals surface area contributed by atoms with Crippen LogP contribution in [-0.2, 0) is 13.0 Å². The standard InChI is InChI=1S/C18H23N3/c1-3-17-19-10-14(11-20-17)12-21-18(15-8-9-15)16-7-5-4-6-13(16)2/h4-7,10-11,15,18,21H,3,8-9,12H2,1-2H3. The molecular weight excluding hydrogens is 258 g/mol. The summed E-state index contributed by atoms with van der Waals surface area (Å²) in [5.74, 6) is 1.69. The van der Waals surface area contributed by atoms with Gasteiger partial charge in [0.1, 0.15) is 5.82 Å². The van der Waals surface area contributed by atoms with Gasteiger partial charge >= 0.3 is 0 Å². The van der Waals surface area contributed by atoms with E-state index in [1.54, 1.807) is 0 Å². The van der Waals surface area contributed by atoms with E-state index < -0.39 is 0 Å². The Morgan fingerprint density at radius 2 is 1.90 bits per heavy atom. The van der Waals surface area contributed by atoms with Crippen molar-refractivity contribution >= 4 is 0 Å². The van der Waals surface area contributed by atoms with Gasteiger partial charge in [0, 0.05) is 37.0 Å². The second-order valence-electron chi connectivity index (χ2n) is 5.91. The molecule has 3 heteroatoms. The van der Waals surface area contributed by atoms with Crippen LogP contribution in [0.4, 0.5) is 0 Å². The average molecular weight is 281 g/mol. The highest BCUT2D eigenvalue weighted by Crippen LogP contribution is 2.41. The number of aryl methyl sites for hydroxylation is 2. The van der Waals surface area contributed by atoms with Crippen molar-refractivity contribution in [2.75, 3.05) is 0 Å². The minimum Gasteiger partial charge on any atom is -0.305 e. The third-order valence-electron chi connectivity index (χ3n) is 4.22. The summed E-state index contributed by atoms with van der Waals surface area (Å²) in [6.07, 6.45) is 7.44. The molecule has 1 N–H and O–H groups in total. The van der Waals surface area contributed by atoms with Crippen LogP contribution in [0.1, 0.15) is 48.3 Å². The molecule has 21 heavy (non-hydrogen) atoms. The number of nitrogens with one attached hydrogen (secondary N) is 1. The number of nitrogens with zero attached hydrogens (tertiary/aromatic N) is 2. The van der Waals surface area contributed by atoms with Crippen LogP contribution in [0.5, 0.6) is 0 Å². The van der Waals surface area contributed by atoms with Crippen LogP contribution in [0.25, 0.3) is 0 Å². The molecule has 1 aromatic heterocycles. The van der Waals surface area contributed by atoms with E-state index in [9.17, 15) is 0 Å². The van der Waals surface area contributed by atoms with Crippen molar-refractivity contribution in [1.82, 2.24) is 15.3 Å². The third-order valence-corrected chi connectivity index (χ3v) is 4.22. The van der Waals surface area contributed by atoms with E-state index in [1.165, 1.54) is 24.0 Å². The van der Waals surface area contributed by atoms with E-state index in [2.05, 4.69) is 53.4 Å². The van der Waals surface area contributed by atoms with Gasteiger partial charge in [-0.1, -0.05) is 31.2 Å². The van der Waals surface area contributed by atoms with Crippen molar-refractivity contribution in [3.63, 3.8) is 0 Å². The molecule has 3 rings (SSSR count). The van der Waals surface area contributed by atoms with Crippen molar-refractivity contribution in [3.8, 4) is 0 Å². The lowest BCUT2D eigenvalue weighted by Gasteiger charge is -2.20. The Morgan fingerprint density at radius 3 is 2.52 bits per heavy atom. The Kier molecular flexibility index (Phi) is 4.30. The minimum absolute atomic E-state index is 0.456. The molecule has 3 nitrogen and oxygen atoms in total. The summed E-state index contributed by atoms with van der Waals surface area (Å²) in [5.41, 5.74) is 3.97. The van der Waals surface area contributed by atoms with Crippen LogP contribution in [0.2, 0.25) is 0 Å². The molecule has 2 aromatic rings. The monoisotopic (exact) mass is 281 g/mol. The fourth-order valence-corrected chi connectivity index (χ4v) is 2.78. The SMILES string of the molecule is CCc1ncc(CNC(c2ccccc2C)C2CC2)cn1. The largest absolute Gasteiger partial charge is 0.305 e. The Balaban J connectivity index is 1.70. The van der Waals surface area contributed by atoms with Gasteiger partial charge in [0.25, 0.3) is 0 Å². The zero-order valence-corrected chi connectivity index (χ0v) is 12.8. The van der Waals surface area contributed by atoms with Crippen LogP contribution < -0.4 is 5.32 Å². The van der Waals surface area contributed by atoms with Gasteiger partial charge in [-0.25, -0.2) is 9.97 Å². The quantitative estimate of drug-likeness (QED) is 0.879. The maximum atomic E-state index is 4.37. The summed E-state index contributed by atoms with van der Waals surface area (Å²) in [5, 5.41) is 3.71. The lowest BCUT2D eigenvalue weighted by Crippen LogP contribution is -2.23. The third kappa shape index (κ3) is 3.48. The van der Waals surface area contributed by atoms with Gasteiger partial charge in [-0.15, -0.1) is 0 Å². The molecule has 1 aliphatic rings. The smallest absolute Gasteiger partial charge is 0.127 e. The van der Waals surface area contributed by atoms with Crippen LogP contribution in [0.15, 0.2) is 36.7 Å². The normalized spacial score (nSPS) is 15.9. The summed E-state index contributed by atoms with van der Waals surface area (Å²) < 4.78 is 0. The van der Waals surface area contributed by atoms with Crippen molar-refractivity contribution in [1.29, 1.82) is 0 Å². The molecular formula is C18H23N3. The predicted octanol–water partition coefficient (Wildman–Crippen LogP) is 3.59. The second kappa shape index (κ2) is 6.35. The Labute approximate surface area is 126 Å². The van der Waals surface area contributed by atoms with Gasteiger partial charge in [-0.05, 0) is 36.8 Å².